The summed E-state index contributed by atoms with van der Waals surface area (Å²) in [6.45, 7) is 3.59. The summed E-state index contributed by atoms with van der Waals surface area (Å²) < 4.78 is 15.5. The lowest BCUT2D eigenvalue weighted by molar-refractivity contribution is 0.565. The first-order valence-corrected chi connectivity index (χ1v) is 7.39. The van der Waals surface area contributed by atoms with E-state index in [9.17, 15) is 4.39 Å². The monoisotopic (exact) mass is 293 g/mol. The van der Waals surface area contributed by atoms with Gasteiger partial charge in [0.15, 0.2) is 0 Å². The Kier molecular flexibility index (Phi) is 3.47. The summed E-state index contributed by atoms with van der Waals surface area (Å²) >= 11 is 1.45. The number of tetrazole rings is 1. The van der Waals surface area contributed by atoms with Gasteiger partial charge in [-0.05, 0) is 72.1 Å². The topological polar surface area (TPSA) is 69.6 Å². The molecule has 0 spiro atoms. The average molecular weight is 293 g/mol. The molecule has 1 saturated carbocycles. The maximum Gasteiger partial charge on any atom is 0.214 e. The van der Waals surface area contributed by atoms with Crippen molar-refractivity contribution < 1.29 is 4.39 Å². The molecule has 1 atom stereocenters. The lowest BCUT2D eigenvalue weighted by Gasteiger charge is -2.13. The number of hydrogen-bond acceptors (Lipinski definition) is 5. The summed E-state index contributed by atoms with van der Waals surface area (Å²) in [5.41, 5.74) is 7.31. The molecule has 2 N–H and O–H groups in total. The minimum Gasteiger partial charge on any atom is -0.324 e. The van der Waals surface area contributed by atoms with E-state index in [1.165, 1.54) is 17.8 Å². The van der Waals surface area contributed by atoms with Gasteiger partial charge in [-0.3, -0.25) is 0 Å². The Hall–Kier alpha value is -1.47. The molecule has 1 fully saturated rings. The van der Waals surface area contributed by atoms with E-state index in [1.54, 1.807) is 6.92 Å². The molecular weight excluding hydrogens is 277 g/mol. The van der Waals surface area contributed by atoms with Crippen molar-refractivity contribution in [2.75, 3.05) is 0 Å². The highest BCUT2D eigenvalue weighted by Gasteiger charge is 2.28. The quantitative estimate of drug-likeness (QED) is 0.938. The minimum absolute atomic E-state index is 0.233. The maximum absolute atomic E-state index is 13.7. The Morgan fingerprint density at radius 2 is 2.20 bits per heavy atom. The van der Waals surface area contributed by atoms with Crippen LogP contribution >= 0.6 is 11.8 Å². The van der Waals surface area contributed by atoms with Crippen LogP contribution in [0.25, 0.3) is 0 Å². The van der Waals surface area contributed by atoms with E-state index in [0.29, 0.717) is 11.6 Å². The molecule has 2 aromatic rings. The predicted molar refractivity (Wildman–Crippen MR) is 74.0 cm³/mol. The van der Waals surface area contributed by atoms with E-state index >= 15 is 0 Å². The molecule has 0 bridgehead atoms. The molecule has 0 radical (unpaired) electrons. The zero-order chi connectivity index (χ0) is 14.3. The third kappa shape index (κ3) is 2.55. The van der Waals surface area contributed by atoms with Gasteiger partial charge in [-0.25, -0.2) is 9.07 Å². The fourth-order valence-corrected chi connectivity index (χ4v) is 3.17. The van der Waals surface area contributed by atoms with Crippen molar-refractivity contribution in [3.05, 3.63) is 29.1 Å². The first-order valence-electron chi connectivity index (χ1n) is 6.57. The fraction of sp³-hybridized carbons (Fsp3) is 0.462. The Morgan fingerprint density at radius 3 is 2.85 bits per heavy atom. The number of aryl methyl sites for hydroxylation is 1. The number of benzene rings is 1. The molecule has 1 aromatic heterocycles. The van der Waals surface area contributed by atoms with Gasteiger partial charge in [0.05, 0.1) is 6.04 Å². The normalized spacial score (nSPS) is 16.4. The number of halogens is 1. The van der Waals surface area contributed by atoms with Crippen molar-refractivity contribution in [1.29, 1.82) is 0 Å². The molecular formula is C13H16FN5S. The maximum atomic E-state index is 13.7. The summed E-state index contributed by atoms with van der Waals surface area (Å²) in [6, 6.07) is 3.49. The average Bonchev–Trinajstić information content (AvgIpc) is 3.14. The lowest BCUT2D eigenvalue weighted by atomic mass is 10.1. The highest BCUT2D eigenvalue weighted by molar-refractivity contribution is 7.99. The zero-order valence-electron chi connectivity index (χ0n) is 11.4. The van der Waals surface area contributed by atoms with E-state index in [-0.39, 0.29) is 11.9 Å². The number of nitrogens with two attached hydrogens (primary N) is 1. The van der Waals surface area contributed by atoms with Crippen LogP contribution in [-0.4, -0.2) is 20.2 Å². The Labute approximate surface area is 120 Å². The molecule has 20 heavy (non-hydrogen) atoms. The van der Waals surface area contributed by atoms with Crippen LogP contribution in [0.2, 0.25) is 0 Å². The zero-order valence-corrected chi connectivity index (χ0v) is 12.2. The van der Waals surface area contributed by atoms with Gasteiger partial charge in [0.25, 0.3) is 0 Å². The second kappa shape index (κ2) is 5.14. The van der Waals surface area contributed by atoms with Gasteiger partial charge in [-0.2, -0.15) is 0 Å². The molecule has 1 aromatic carbocycles. The highest BCUT2D eigenvalue weighted by Crippen LogP contribution is 2.39. The Bertz CT molecular complexity index is 636. The van der Waals surface area contributed by atoms with Crippen LogP contribution in [0, 0.1) is 12.7 Å². The first kappa shape index (κ1) is 13.5. The molecule has 5 nitrogen and oxygen atoms in total. The molecule has 1 unspecified atom stereocenters. The summed E-state index contributed by atoms with van der Waals surface area (Å²) in [5.74, 6) is -0.233. The van der Waals surface area contributed by atoms with Crippen LogP contribution in [0.5, 0.6) is 0 Å². The van der Waals surface area contributed by atoms with Crippen LogP contribution in [-0.2, 0) is 0 Å². The van der Waals surface area contributed by atoms with Crippen molar-refractivity contribution in [3.8, 4) is 0 Å². The third-order valence-corrected chi connectivity index (χ3v) is 4.36. The lowest BCUT2D eigenvalue weighted by Crippen LogP contribution is -2.08. The van der Waals surface area contributed by atoms with Crippen molar-refractivity contribution in [2.24, 2.45) is 5.73 Å². The fourth-order valence-electron chi connectivity index (χ4n) is 2.01. The van der Waals surface area contributed by atoms with Crippen molar-refractivity contribution in [2.45, 2.75) is 48.8 Å². The van der Waals surface area contributed by atoms with Crippen LogP contribution < -0.4 is 5.73 Å². The van der Waals surface area contributed by atoms with Gasteiger partial charge < -0.3 is 5.73 Å². The molecule has 1 heterocycles. The number of aromatic nitrogens is 4. The second-order valence-corrected chi connectivity index (χ2v) is 6.18. The summed E-state index contributed by atoms with van der Waals surface area (Å²) in [5, 5.41) is 12.5. The van der Waals surface area contributed by atoms with Gasteiger partial charge >= 0.3 is 0 Å². The van der Waals surface area contributed by atoms with Gasteiger partial charge in [-0.15, -0.1) is 5.10 Å². The molecule has 1 aliphatic carbocycles. The van der Waals surface area contributed by atoms with Crippen LogP contribution in [0.1, 0.15) is 43.0 Å². The largest absolute Gasteiger partial charge is 0.324 e. The number of nitrogens with zero attached hydrogens (tertiary/aromatic N) is 4. The van der Waals surface area contributed by atoms with Crippen LogP contribution in [0.4, 0.5) is 4.39 Å². The Morgan fingerprint density at radius 1 is 1.45 bits per heavy atom. The molecule has 0 amide bonds. The molecule has 1 aliphatic rings. The molecule has 7 heteroatoms. The standard InChI is InChI=1S/C13H16FN5S/c1-7-5-12(10(8(2)15)6-11(7)14)20-13-16-17-18-19(13)9-3-4-9/h5-6,8-9H,3-4,15H2,1-2H3. The number of rotatable bonds is 4. The third-order valence-electron chi connectivity index (χ3n) is 3.34. The molecule has 3 rings (SSSR count). The SMILES string of the molecule is Cc1cc(Sc2nnnn2C2CC2)c(C(C)N)cc1F. The molecule has 0 aliphatic heterocycles. The van der Waals surface area contributed by atoms with Crippen LogP contribution in [0.15, 0.2) is 22.2 Å². The van der Waals surface area contributed by atoms with Crippen molar-refractivity contribution >= 4 is 11.8 Å². The minimum atomic E-state index is -0.238. The summed E-state index contributed by atoms with van der Waals surface area (Å²) in [6.07, 6.45) is 2.22. The van der Waals surface area contributed by atoms with E-state index in [2.05, 4.69) is 15.5 Å². The van der Waals surface area contributed by atoms with Crippen molar-refractivity contribution in [1.82, 2.24) is 20.2 Å². The van der Waals surface area contributed by atoms with Gasteiger partial charge in [0.2, 0.25) is 5.16 Å². The van der Waals surface area contributed by atoms with Crippen LogP contribution in [0.3, 0.4) is 0 Å². The predicted octanol–water partition coefficient (Wildman–Crippen LogP) is 2.63. The van der Waals surface area contributed by atoms with E-state index in [1.807, 2.05) is 17.7 Å². The van der Waals surface area contributed by atoms with Gasteiger partial charge in [-0.1, -0.05) is 0 Å². The van der Waals surface area contributed by atoms with Gasteiger partial charge in [0.1, 0.15) is 5.82 Å². The first-order chi connectivity index (χ1) is 9.56. The van der Waals surface area contributed by atoms with E-state index < -0.39 is 0 Å². The smallest absolute Gasteiger partial charge is 0.214 e. The van der Waals surface area contributed by atoms with Crippen molar-refractivity contribution in [3.63, 3.8) is 0 Å². The van der Waals surface area contributed by atoms with Gasteiger partial charge in [0, 0.05) is 10.9 Å². The summed E-state index contributed by atoms with van der Waals surface area (Å²) in [7, 11) is 0. The molecule has 106 valence electrons. The number of hydrogen-bond donors (Lipinski definition) is 1. The Balaban J connectivity index is 1.96. The van der Waals surface area contributed by atoms with E-state index in [4.69, 9.17) is 5.73 Å². The van der Waals surface area contributed by atoms with E-state index in [0.717, 1.165) is 28.5 Å². The highest BCUT2D eigenvalue weighted by atomic mass is 32.2. The molecule has 0 saturated heterocycles. The summed E-state index contributed by atoms with van der Waals surface area (Å²) in [4.78, 5) is 0.913. The second-order valence-electron chi connectivity index (χ2n) is 5.17.